The molecule has 0 radical (unpaired) electrons. The van der Waals surface area contributed by atoms with Gasteiger partial charge < -0.3 is 14.1 Å². The van der Waals surface area contributed by atoms with E-state index in [0.717, 1.165) is 17.0 Å². The van der Waals surface area contributed by atoms with Gasteiger partial charge >= 0.3 is 6.01 Å². The molecule has 0 unspecified atom stereocenters. The van der Waals surface area contributed by atoms with Crippen molar-refractivity contribution in [2.24, 2.45) is 0 Å². The van der Waals surface area contributed by atoms with Gasteiger partial charge in [-0.2, -0.15) is 0 Å². The summed E-state index contributed by atoms with van der Waals surface area (Å²) in [7, 11) is 0. The van der Waals surface area contributed by atoms with Crippen LogP contribution in [0.1, 0.15) is 41.9 Å². The standard InChI is InChI=1S/C23H24N4O4S/c1-3-12-30-18-8-4-15(5-9-18)21(29)24-23-26-25-22(31-23)16-13-20(28)27(14-16)17-6-10-19(32-2)11-7-17/h4-11,16H,3,12-14H2,1-2H3,(H,24,26,29)/t16-/m0/s1. The maximum Gasteiger partial charge on any atom is 0.322 e. The Morgan fingerprint density at radius 1 is 1.19 bits per heavy atom. The molecule has 2 aromatic carbocycles. The van der Waals surface area contributed by atoms with Gasteiger partial charge in [-0.05, 0) is 61.2 Å². The largest absolute Gasteiger partial charge is 0.494 e. The monoisotopic (exact) mass is 452 g/mol. The Morgan fingerprint density at radius 3 is 2.62 bits per heavy atom. The average Bonchev–Trinajstić information content (AvgIpc) is 3.44. The van der Waals surface area contributed by atoms with Gasteiger partial charge in [0.15, 0.2) is 0 Å². The molecule has 1 N–H and O–H groups in total. The molecule has 9 heteroatoms. The quantitative estimate of drug-likeness (QED) is 0.507. The van der Waals surface area contributed by atoms with Gasteiger partial charge in [-0.15, -0.1) is 16.9 Å². The van der Waals surface area contributed by atoms with Crippen molar-refractivity contribution >= 4 is 35.3 Å². The fraction of sp³-hybridized carbons (Fsp3) is 0.304. The van der Waals surface area contributed by atoms with Crippen molar-refractivity contribution in [3.8, 4) is 5.75 Å². The Hall–Kier alpha value is -3.33. The molecule has 32 heavy (non-hydrogen) atoms. The number of hydrogen-bond acceptors (Lipinski definition) is 7. The normalized spacial score (nSPS) is 15.8. The molecule has 2 heterocycles. The molecule has 8 nitrogen and oxygen atoms in total. The molecule has 1 aliphatic rings. The number of benzene rings is 2. The van der Waals surface area contributed by atoms with Gasteiger partial charge in [0.05, 0.1) is 12.5 Å². The fourth-order valence-corrected chi connectivity index (χ4v) is 3.83. The van der Waals surface area contributed by atoms with Crippen LogP contribution in [-0.2, 0) is 4.79 Å². The molecule has 0 spiro atoms. The number of ether oxygens (including phenoxy) is 1. The van der Waals surface area contributed by atoms with E-state index in [2.05, 4.69) is 15.5 Å². The minimum absolute atomic E-state index is 0.000990. The fourth-order valence-electron chi connectivity index (χ4n) is 3.43. The Bertz CT molecular complexity index is 1080. The zero-order chi connectivity index (χ0) is 22.5. The maximum absolute atomic E-state index is 12.5. The first-order valence-corrected chi connectivity index (χ1v) is 11.6. The minimum Gasteiger partial charge on any atom is -0.494 e. The summed E-state index contributed by atoms with van der Waals surface area (Å²) < 4.78 is 11.2. The number of hydrogen-bond donors (Lipinski definition) is 1. The van der Waals surface area contributed by atoms with Gasteiger partial charge in [-0.3, -0.25) is 14.9 Å². The molecule has 3 aromatic rings. The van der Waals surface area contributed by atoms with Crippen LogP contribution in [0.25, 0.3) is 0 Å². The van der Waals surface area contributed by atoms with Crippen molar-refractivity contribution in [2.75, 3.05) is 29.6 Å². The van der Waals surface area contributed by atoms with Crippen molar-refractivity contribution in [1.82, 2.24) is 10.2 Å². The van der Waals surface area contributed by atoms with Gasteiger partial charge in [-0.25, -0.2) is 0 Å². The molecule has 4 rings (SSSR count). The highest BCUT2D eigenvalue weighted by Gasteiger charge is 2.35. The highest BCUT2D eigenvalue weighted by molar-refractivity contribution is 7.98. The van der Waals surface area contributed by atoms with Crippen LogP contribution in [0.3, 0.4) is 0 Å². The molecule has 2 amide bonds. The van der Waals surface area contributed by atoms with Gasteiger partial charge in [-0.1, -0.05) is 12.0 Å². The summed E-state index contributed by atoms with van der Waals surface area (Å²) in [6, 6.07) is 14.7. The molecule has 1 aromatic heterocycles. The Morgan fingerprint density at radius 2 is 1.94 bits per heavy atom. The number of carbonyl (C=O) groups excluding carboxylic acids is 2. The second-order valence-electron chi connectivity index (χ2n) is 7.38. The number of nitrogens with zero attached hydrogens (tertiary/aromatic N) is 3. The second-order valence-corrected chi connectivity index (χ2v) is 8.26. The van der Waals surface area contributed by atoms with Crippen molar-refractivity contribution in [3.05, 3.63) is 60.0 Å². The van der Waals surface area contributed by atoms with Gasteiger partial charge in [0.1, 0.15) is 5.75 Å². The third-order valence-electron chi connectivity index (χ3n) is 5.11. The van der Waals surface area contributed by atoms with E-state index < -0.39 is 0 Å². The summed E-state index contributed by atoms with van der Waals surface area (Å²) in [6.45, 7) is 3.11. The van der Waals surface area contributed by atoms with Crippen molar-refractivity contribution in [1.29, 1.82) is 0 Å². The summed E-state index contributed by atoms with van der Waals surface area (Å²) in [5, 5.41) is 10.6. The SMILES string of the molecule is CCCOc1ccc(C(=O)Nc2nnc([C@H]3CC(=O)N(c4ccc(SC)cc4)C3)o2)cc1. The van der Waals surface area contributed by atoms with Crippen molar-refractivity contribution in [2.45, 2.75) is 30.6 Å². The number of thioether (sulfide) groups is 1. The number of carbonyl (C=O) groups is 2. The summed E-state index contributed by atoms with van der Waals surface area (Å²) in [6.07, 6.45) is 3.20. The molecule has 0 bridgehead atoms. The van der Waals surface area contributed by atoms with Gasteiger partial charge in [0.2, 0.25) is 11.8 Å². The number of aromatic nitrogens is 2. The molecular weight excluding hydrogens is 428 g/mol. The van der Waals surface area contributed by atoms with Gasteiger partial charge in [0, 0.05) is 29.1 Å². The lowest BCUT2D eigenvalue weighted by atomic mass is 10.1. The van der Waals surface area contributed by atoms with E-state index in [0.29, 0.717) is 30.4 Å². The highest BCUT2D eigenvalue weighted by Crippen LogP contribution is 2.32. The van der Waals surface area contributed by atoms with E-state index >= 15 is 0 Å². The predicted molar refractivity (Wildman–Crippen MR) is 122 cm³/mol. The van der Waals surface area contributed by atoms with Crippen molar-refractivity contribution in [3.63, 3.8) is 0 Å². The lowest BCUT2D eigenvalue weighted by Gasteiger charge is -2.16. The van der Waals surface area contributed by atoms with Crippen LogP contribution in [0.15, 0.2) is 57.8 Å². The number of amides is 2. The van der Waals surface area contributed by atoms with Crippen LogP contribution >= 0.6 is 11.8 Å². The summed E-state index contributed by atoms with van der Waals surface area (Å²) >= 11 is 1.65. The third-order valence-corrected chi connectivity index (χ3v) is 5.85. The average molecular weight is 453 g/mol. The van der Waals surface area contributed by atoms with E-state index in [1.165, 1.54) is 0 Å². The molecule has 0 saturated carbocycles. The molecule has 1 atom stereocenters. The first-order chi connectivity index (χ1) is 15.6. The lowest BCUT2D eigenvalue weighted by molar-refractivity contribution is -0.117. The number of rotatable bonds is 8. The zero-order valence-corrected chi connectivity index (χ0v) is 18.7. The maximum atomic E-state index is 12.5. The van der Waals surface area contributed by atoms with Crippen LogP contribution in [0.4, 0.5) is 11.7 Å². The summed E-state index contributed by atoms with van der Waals surface area (Å²) in [5.41, 5.74) is 1.29. The molecule has 1 aliphatic heterocycles. The number of nitrogens with one attached hydrogen (secondary N) is 1. The highest BCUT2D eigenvalue weighted by atomic mass is 32.2. The predicted octanol–water partition coefficient (Wildman–Crippen LogP) is 4.35. The molecule has 0 aliphatic carbocycles. The lowest BCUT2D eigenvalue weighted by Crippen LogP contribution is -2.24. The molecule has 1 fully saturated rings. The molecule has 1 saturated heterocycles. The van der Waals surface area contributed by atoms with Crippen LogP contribution in [0.5, 0.6) is 5.75 Å². The van der Waals surface area contributed by atoms with E-state index in [-0.39, 0.29) is 30.2 Å². The van der Waals surface area contributed by atoms with E-state index in [9.17, 15) is 9.59 Å². The Kier molecular flexibility index (Phi) is 6.75. The topological polar surface area (TPSA) is 97.6 Å². The first kappa shape index (κ1) is 21.9. The molecule has 166 valence electrons. The van der Waals surface area contributed by atoms with Crippen LogP contribution in [0, 0.1) is 0 Å². The van der Waals surface area contributed by atoms with Gasteiger partial charge in [0.25, 0.3) is 5.91 Å². The minimum atomic E-state index is -0.361. The third kappa shape index (κ3) is 4.94. The second kappa shape index (κ2) is 9.86. The van der Waals surface area contributed by atoms with E-state index in [1.807, 2.05) is 37.4 Å². The van der Waals surface area contributed by atoms with Crippen LogP contribution in [-0.4, -0.2) is 41.4 Å². The number of anilines is 2. The zero-order valence-electron chi connectivity index (χ0n) is 17.9. The summed E-state index contributed by atoms with van der Waals surface area (Å²) in [4.78, 5) is 27.9. The van der Waals surface area contributed by atoms with E-state index in [4.69, 9.17) is 9.15 Å². The summed E-state index contributed by atoms with van der Waals surface area (Å²) in [5.74, 6) is 0.458. The molecular formula is C23H24N4O4S. The van der Waals surface area contributed by atoms with E-state index in [1.54, 1.807) is 40.9 Å². The Labute approximate surface area is 190 Å². The van der Waals surface area contributed by atoms with Crippen molar-refractivity contribution < 1.29 is 18.7 Å². The van der Waals surface area contributed by atoms with Crippen LogP contribution < -0.4 is 15.0 Å². The Balaban J connectivity index is 1.38. The first-order valence-electron chi connectivity index (χ1n) is 10.4. The smallest absolute Gasteiger partial charge is 0.322 e. The van der Waals surface area contributed by atoms with Crippen LogP contribution in [0.2, 0.25) is 0 Å².